The summed E-state index contributed by atoms with van der Waals surface area (Å²) in [6, 6.07) is 6.34. The van der Waals surface area contributed by atoms with Gasteiger partial charge >= 0.3 is 6.36 Å². The monoisotopic (exact) mass is 359 g/mol. The molecule has 2 saturated heterocycles. The second-order valence-electron chi connectivity index (χ2n) is 7.12. The molecule has 0 bridgehead atoms. The van der Waals surface area contributed by atoms with Crippen LogP contribution in [0.25, 0.3) is 0 Å². The van der Waals surface area contributed by atoms with Crippen molar-refractivity contribution in [2.24, 2.45) is 5.92 Å². The minimum absolute atomic E-state index is 0.0422. The minimum Gasteiger partial charge on any atom is -0.405 e. The van der Waals surface area contributed by atoms with Crippen LogP contribution in [0.1, 0.15) is 31.7 Å². The van der Waals surface area contributed by atoms with Crippen LogP contribution in [0.4, 0.5) is 13.2 Å². The SMILES string of the molecule is C[C@]1(O)CCOC[C@@H]1[C@@H]1CCCN1Cc1ccccc1OC(F)(F)F. The Morgan fingerprint density at radius 1 is 1.36 bits per heavy atom. The standard InChI is InChI=1S/C18H24F3NO3/c1-17(23)8-10-24-12-14(17)15-6-4-9-22(15)11-13-5-2-3-7-16(13)25-18(19,20)21/h2-3,5,7,14-15,23H,4,6,8-12H2,1H3/t14-,15+,17+/m1/s1. The Morgan fingerprint density at radius 3 is 2.84 bits per heavy atom. The molecule has 0 unspecified atom stereocenters. The van der Waals surface area contributed by atoms with Crippen molar-refractivity contribution in [3.8, 4) is 5.75 Å². The highest BCUT2D eigenvalue weighted by Gasteiger charge is 2.44. The lowest BCUT2D eigenvalue weighted by Gasteiger charge is -2.43. The van der Waals surface area contributed by atoms with Gasteiger partial charge < -0.3 is 14.6 Å². The Bertz CT molecular complexity index is 591. The van der Waals surface area contributed by atoms with Crippen LogP contribution in [0.5, 0.6) is 5.75 Å². The minimum atomic E-state index is -4.71. The zero-order chi connectivity index (χ0) is 18.1. The lowest BCUT2D eigenvalue weighted by atomic mass is 9.79. The van der Waals surface area contributed by atoms with Gasteiger partial charge in [0.25, 0.3) is 0 Å². The van der Waals surface area contributed by atoms with Gasteiger partial charge in [-0.15, -0.1) is 13.2 Å². The van der Waals surface area contributed by atoms with Gasteiger partial charge in [-0.05, 0) is 38.8 Å². The van der Waals surface area contributed by atoms with Gasteiger partial charge in [-0.2, -0.15) is 0 Å². The maximum Gasteiger partial charge on any atom is 0.573 e. The summed E-state index contributed by atoms with van der Waals surface area (Å²) in [5.74, 6) is -0.202. The molecule has 1 aromatic rings. The number of rotatable bonds is 4. The van der Waals surface area contributed by atoms with E-state index in [2.05, 4.69) is 9.64 Å². The summed E-state index contributed by atoms with van der Waals surface area (Å²) < 4.78 is 47.6. The van der Waals surface area contributed by atoms with E-state index in [1.165, 1.54) is 12.1 Å². The molecule has 2 fully saturated rings. The third-order valence-corrected chi connectivity index (χ3v) is 5.30. The van der Waals surface area contributed by atoms with Crippen molar-refractivity contribution >= 4 is 0 Å². The van der Waals surface area contributed by atoms with E-state index >= 15 is 0 Å². The fraction of sp³-hybridized carbons (Fsp3) is 0.667. The molecule has 0 spiro atoms. The van der Waals surface area contributed by atoms with Gasteiger partial charge in [0.15, 0.2) is 0 Å². The molecule has 2 aliphatic heterocycles. The highest BCUT2D eigenvalue weighted by molar-refractivity contribution is 5.33. The largest absolute Gasteiger partial charge is 0.573 e. The molecular weight excluding hydrogens is 335 g/mol. The zero-order valence-corrected chi connectivity index (χ0v) is 14.3. The molecule has 3 atom stereocenters. The molecule has 25 heavy (non-hydrogen) atoms. The number of halogens is 3. The Kier molecular flexibility index (Phi) is 5.27. The van der Waals surface area contributed by atoms with Crippen molar-refractivity contribution in [3.63, 3.8) is 0 Å². The fourth-order valence-corrected chi connectivity index (χ4v) is 3.96. The van der Waals surface area contributed by atoms with Crippen molar-refractivity contribution in [1.29, 1.82) is 0 Å². The van der Waals surface area contributed by atoms with E-state index in [1.54, 1.807) is 12.1 Å². The quantitative estimate of drug-likeness (QED) is 0.895. The van der Waals surface area contributed by atoms with E-state index in [0.717, 1.165) is 19.4 Å². The molecule has 2 heterocycles. The van der Waals surface area contributed by atoms with Crippen molar-refractivity contribution in [3.05, 3.63) is 29.8 Å². The van der Waals surface area contributed by atoms with E-state index < -0.39 is 12.0 Å². The van der Waals surface area contributed by atoms with Crippen LogP contribution < -0.4 is 4.74 Å². The molecule has 0 saturated carbocycles. The lowest BCUT2D eigenvalue weighted by Crippen LogP contribution is -2.52. The normalized spacial score (nSPS) is 31.2. The average molecular weight is 359 g/mol. The number of hydrogen-bond acceptors (Lipinski definition) is 4. The smallest absolute Gasteiger partial charge is 0.405 e. The second-order valence-corrected chi connectivity index (χ2v) is 7.12. The molecular formula is C18H24F3NO3. The van der Waals surface area contributed by atoms with Gasteiger partial charge in [-0.1, -0.05) is 18.2 Å². The summed E-state index contributed by atoms with van der Waals surface area (Å²) in [7, 11) is 0. The molecule has 0 aliphatic carbocycles. The van der Waals surface area contributed by atoms with Crippen LogP contribution in [-0.4, -0.2) is 47.8 Å². The summed E-state index contributed by atoms with van der Waals surface area (Å²) in [5.41, 5.74) is -0.309. The van der Waals surface area contributed by atoms with Crippen molar-refractivity contribution in [1.82, 2.24) is 4.90 Å². The Balaban J connectivity index is 1.76. The number of aliphatic hydroxyl groups is 1. The summed E-state index contributed by atoms with van der Waals surface area (Å²) >= 11 is 0. The highest BCUT2D eigenvalue weighted by Crippen LogP contribution is 2.37. The maximum atomic E-state index is 12.6. The molecule has 7 heteroatoms. The third-order valence-electron chi connectivity index (χ3n) is 5.30. The molecule has 0 amide bonds. The molecule has 2 aliphatic rings. The first-order chi connectivity index (χ1) is 11.8. The number of likely N-dealkylation sites (tertiary alicyclic amines) is 1. The molecule has 0 radical (unpaired) electrons. The second kappa shape index (κ2) is 7.13. The number of para-hydroxylation sites is 1. The van der Waals surface area contributed by atoms with Gasteiger partial charge in [0.05, 0.1) is 12.2 Å². The van der Waals surface area contributed by atoms with Gasteiger partial charge in [-0.25, -0.2) is 0 Å². The summed E-state index contributed by atoms with van der Waals surface area (Å²) in [6.45, 7) is 4.01. The number of alkyl halides is 3. The lowest BCUT2D eigenvalue weighted by molar-refractivity contribution is -0.275. The Morgan fingerprint density at radius 2 is 2.12 bits per heavy atom. The highest BCUT2D eigenvalue weighted by atomic mass is 19.4. The van der Waals surface area contributed by atoms with Crippen LogP contribution in [0, 0.1) is 5.92 Å². The molecule has 4 nitrogen and oxygen atoms in total. The first-order valence-corrected chi connectivity index (χ1v) is 8.64. The van der Waals surface area contributed by atoms with E-state index in [0.29, 0.717) is 31.7 Å². The Hall–Kier alpha value is -1.31. The molecule has 140 valence electrons. The van der Waals surface area contributed by atoms with E-state index in [-0.39, 0.29) is 17.7 Å². The topological polar surface area (TPSA) is 41.9 Å². The molecule has 1 N–H and O–H groups in total. The predicted octanol–water partition coefficient (Wildman–Crippen LogP) is 3.34. The first kappa shape index (κ1) is 18.5. The van der Waals surface area contributed by atoms with E-state index in [9.17, 15) is 18.3 Å². The third kappa shape index (κ3) is 4.46. The van der Waals surface area contributed by atoms with Gasteiger partial charge in [0.2, 0.25) is 0 Å². The van der Waals surface area contributed by atoms with Crippen molar-refractivity contribution in [2.45, 2.75) is 50.7 Å². The summed E-state index contributed by atoms with van der Waals surface area (Å²) in [5, 5.41) is 10.7. The van der Waals surface area contributed by atoms with Gasteiger partial charge in [0, 0.05) is 30.7 Å². The van der Waals surface area contributed by atoms with Crippen LogP contribution in [0.2, 0.25) is 0 Å². The molecule has 1 aromatic carbocycles. The van der Waals surface area contributed by atoms with Crippen LogP contribution >= 0.6 is 0 Å². The van der Waals surface area contributed by atoms with E-state index in [4.69, 9.17) is 4.74 Å². The number of hydrogen-bond donors (Lipinski definition) is 1. The Labute approximate surface area is 145 Å². The maximum absolute atomic E-state index is 12.6. The number of ether oxygens (including phenoxy) is 2. The van der Waals surface area contributed by atoms with Crippen LogP contribution in [0.3, 0.4) is 0 Å². The van der Waals surface area contributed by atoms with Crippen molar-refractivity contribution in [2.75, 3.05) is 19.8 Å². The van der Waals surface area contributed by atoms with E-state index in [1.807, 2.05) is 6.92 Å². The summed E-state index contributed by atoms with van der Waals surface area (Å²) in [4.78, 5) is 2.15. The zero-order valence-electron chi connectivity index (χ0n) is 14.3. The summed E-state index contributed by atoms with van der Waals surface area (Å²) in [6.07, 6.45) is -2.26. The molecule has 3 rings (SSSR count). The predicted molar refractivity (Wildman–Crippen MR) is 86.1 cm³/mol. The van der Waals surface area contributed by atoms with Gasteiger partial charge in [0.1, 0.15) is 5.75 Å². The average Bonchev–Trinajstić information content (AvgIpc) is 2.95. The first-order valence-electron chi connectivity index (χ1n) is 8.64. The van der Waals surface area contributed by atoms with Crippen LogP contribution in [0.15, 0.2) is 24.3 Å². The number of benzene rings is 1. The van der Waals surface area contributed by atoms with Crippen molar-refractivity contribution < 1.29 is 27.8 Å². The molecule has 0 aromatic heterocycles. The number of nitrogens with zero attached hydrogens (tertiary/aromatic N) is 1. The van der Waals surface area contributed by atoms with Gasteiger partial charge in [-0.3, -0.25) is 4.90 Å². The fourth-order valence-electron chi connectivity index (χ4n) is 3.96. The van der Waals surface area contributed by atoms with Crippen LogP contribution in [-0.2, 0) is 11.3 Å².